The van der Waals surface area contributed by atoms with Crippen LogP contribution in [0.1, 0.15) is 25.2 Å². The molecule has 0 N–H and O–H groups in total. The van der Waals surface area contributed by atoms with E-state index in [-0.39, 0.29) is 16.5 Å². The van der Waals surface area contributed by atoms with Crippen LogP contribution in [-0.2, 0) is 36.7 Å². The summed E-state index contributed by atoms with van der Waals surface area (Å²) in [7, 11) is 1.30. The fourth-order valence-electron chi connectivity index (χ4n) is 3.75. The van der Waals surface area contributed by atoms with Gasteiger partial charge in [-0.05, 0) is 31.0 Å². The third kappa shape index (κ3) is 4.97. The summed E-state index contributed by atoms with van der Waals surface area (Å²) >= 11 is 0. The number of imidazole rings is 2. The van der Waals surface area contributed by atoms with Crippen LogP contribution in [0.5, 0.6) is 17.2 Å². The molecule has 4 aromatic rings. The highest BCUT2D eigenvalue weighted by Crippen LogP contribution is 2.33. The van der Waals surface area contributed by atoms with E-state index in [9.17, 15) is 13.2 Å². The molecule has 0 fully saturated rings. The maximum atomic E-state index is 13.2. The molecule has 2 heterocycles. The van der Waals surface area contributed by atoms with Crippen molar-refractivity contribution in [2.75, 3.05) is 6.61 Å². The monoisotopic (exact) mass is 498 g/mol. The molecule has 0 aliphatic heterocycles. The van der Waals surface area contributed by atoms with Crippen LogP contribution in [0.4, 0.5) is 0 Å². The van der Waals surface area contributed by atoms with Crippen LogP contribution in [0.2, 0.25) is 0 Å². The van der Waals surface area contributed by atoms with E-state index in [4.69, 9.17) is 9.47 Å². The highest BCUT2D eigenvalue weighted by Gasteiger charge is 2.24. The van der Waals surface area contributed by atoms with Crippen LogP contribution in [0.3, 0.4) is 0 Å². The average Bonchev–Trinajstić information content (AvgIpc) is 3.25. The maximum absolute atomic E-state index is 13.2. The van der Waals surface area contributed by atoms with Gasteiger partial charge in [0.15, 0.2) is 5.03 Å². The highest BCUT2D eigenvalue weighted by molar-refractivity contribution is 7.90. The Morgan fingerprint density at radius 2 is 1.66 bits per heavy atom. The molecule has 186 valence electrons. The Labute approximate surface area is 204 Å². The van der Waals surface area contributed by atoms with Gasteiger partial charge >= 0.3 is 5.69 Å². The van der Waals surface area contributed by atoms with Crippen molar-refractivity contribution in [2.45, 2.75) is 31.6 Å². The van der Waals surface area contributed by atoms with Gasteiger partial charge in [0.25, 0.3) is 0 Å². The first-order valence-electron chi connectivity index (χ1n) is 11.3. The number of sulfone groups is 1. The van der Waals surface area contributed by atoms with Crippen LogP contribution in [0.15, 0.2) is 52.4 Å². The van der Waals surface area contributed by atoms with Gasteiger partial charge in [0.2, 0.25) is 9.84 Å². The minimum atomic E-state index is -3.77. The lowest BCUT2D eigenvalue weighted by Crippen LogP contribution is -2.19. The van der Waals surface area contributed by atoms with Crippen molar-refractivity contribution in [1.29, 1.82) is 0 Å². The third-order valence-electron chi connectivity index (χ3n) is 5.82. The lowest BCUT2D eigenvalue weighted by atomic mass is 10.2. The molecule has 10 heteroatoms. The van der Waals surface area contributed by atoms with Gasteiger partial charge in [-0.1, -0.05) is 19.9 Å². The molecule has 4 rings (SSSR count). The Morgan fingerprint density at radius 1 is 1.00 bits per heavy atom. The van der Waals surface area contributed by atoms with Crippen molar-refractivity contribution >= 4 is 20.9 Å². The van der Waals surface area contributed by atoms with Crippen LogP contribution in [0, 0.1) is 12.8 Å². The van der Waals surface area contributed by atoms with Gasteiger partial charge in [0.05, 0.1) is 23.4 Å². The Morgan fingerprint density at radius 3 is 2.29 bits per heavy atom. The van der Waals surface area contributed by atoms with Gasteiger partial charge < -0.3 is 14.0 Å². The van der Waals surface area contributed by atoms with Crippen molar-refractivity contribution < 1.29 is 17.9 Å². The Bertz CT molecular complexity index is 1540. The number of hydrogen-bond acceptors (Lipinski definition) is 6. The van der Waals surface area contributed by atoms with Gasteiger partial charge in [0.1, 0.15) is 23.1 Å². The van der Waals surface area contributed by atoms with Gasteiger partial charge in [-0.2, -0.15) is 0 Å². The predicted molar refractivity (Wildman–Crippen MR) is 134 cm³/mol. The molecular formula is C25H30N4O5S. The fraction of sp³-hybridized carbons (Fsp3) is 0.360. The normalized spacial score (nSPS) is 12.0. The third-order valence-corrected chi connectivity index (χ3v) is 7.35. The summed E-state index contributed by atoms with van der Waals surface area (Å²) in [6.45, 7) is 6.44. The zero-order valence-electron chi connectivity index (χ0n) is 20.8. The summed E-state index contributed by atoms with van der Waals surface area (Å²) in [5.74, 6) is 2.13. The van der Waals surface area contributed by atoms with Crippen molar-refractivity contribution in [2.24, 2.45) is 27.1 Å². The molecule has 0 unspecified atom stereocenters. The summed E-state index contributed by atoms with van der Waals surface area (Å²) in [5.41, 5.74) is 1.46. The topological polar surface area (TPSA) is 97.4 Å². The quantitative estimate of drug-likeness (QED) is 0.367. The molecule has 0 saturated carbocycles. The summed E-state index contributed by atoms with van der Waals surface area (Å²) in [6.07, 6.45) is 1.50. The second-order valence-corrected chi connectivity index (χ2v) is 11.1. The van der Waals surface area contributed by atoms with Crippen molar-refractivity contribution in [3.8, 4) is 17.2 Å². The molecule has 35 heavy (non-hydrogen) atoms. The van der Waals surface area contributed by atoms with E-state index in [2.05, 4.69) is 18.8 Å². The lowest BCUT2D eigenvalue weighted by molar-refractivity contribution is 0.270. The predicted octanol–water partition coefficient (Wildman–Crippen LogP) is 3.72. The van der Waals surface area contributed by atoms with Crippen LogP contribution < -0.4 is 15.2 Å². The lowest BCUT2D eigenvalue weighted by Gasteiger charge is -2.14. The first-order chi connectivity index (χ1) is 16.5. The molecule has 9 nitrogen and oxygen atoms in total. The zero-order valence-corrected chi connectivity index (χ0v) is 21.6. The summed E-state index contributed by atoms with van der Waals surface area (Å²) in [6, 6.07) is 10.6. The SMILES string of the molecule is Cc1nc(S(=O)(=O)Cc2cc3c(cc2Oc2cccc(OCC(C)C)c2)n(C)c(=O)n3C)cn1C. The Hall–Kier alpha value is -3.53. The largest absolute Gasteiger partial charge is 0.493 e. The van der Waals surface area contributed by atoms with E-state index in [1.807, 2.05) is 12.1 Å². The molecule has 0 amide bonds. The maximum Gasteiger partial charge on any atom is 0.328 e. The highest BCUT2D eigenvalue weighted by atomic mass is 32.2. The number of aryl methyl sites for hydroxylation is 4. The second-order valence-electron chi connectivity index (χ2n) is 9.13. The van der Waals surface area contributed by atoms with E-state index in [0.717, 1.165) is 0 Å². The minimum Gasteiger partial charge on any atom is -0.493 e. The van der Waals surface area contributed by atoms with Gasteiger partial charge in [-0.15, -0.1) is 0 Å². The second kappa shape index (κ2) is 9.26. The van der Waals surface area contributed by atoms with Crippen molar-refractivity contribution in [3.05, 3.63) is 64.5 Å². The van der Waals surface area contributed by atoms with Gasteiger partial charge in [-0.3, -0.25) is 9.13 Å². The minimum absolute atomic E-state index is 0.00502. The molecule has 0 bridgehead atoms. The molecule has 0 spiro atoms. The number of benzene rings is 2. The summed E-state index contributed by atoms with van der Waals surface area (Å²) < 4.78 is 43.1. The van der Waals surface area contributed by atoms with E-state index >= 15 is 0 Å². The number of nitrogens with zero attached hydrogens (tertiary/aromatic N) is 4. The average molecular weight is 499 g/mol. The molecule has 0 atom stereocenters. The number of fused-ring (bicyclic) bond motifs is 1. The van der Waals surface area contributed by atoms with Crippen LogP contribution in [-0.4, -0.2) is 33.7 Å². The number of aromatic nitrogens is 4. The van der Waals surface area contributed by atoms with Gasteiger partial charge in [0, 0.05) is 45.0 Å². The Kier molecular flexibility index (Phi) is 6.50. The van der Waals surface area contributed by atoms with Crippen LogP contribution in [0.25, 0.3) is 11.0 Å². The fourth-order valence-corrected chi connectivity index (χ4v) is 5.12. The van der Waals surface area contributed by atoms with Crippen molar-refractivity contribution in [1.82, 2.24) is 18.7 Å². The zero-order chi connectivity index (χ0) is 25.5. The molecule has 0 radical (unpaired) electrons. The van der Waals surface area contributed by atoms with Crippen LogP contribution >= 0.6 is 0 Å². The first kappa shape index (κ1) is 24.6. The van der Waals surface area contributed by atoms with E-state index in [1.165, 1.54) is 15.3 Å². The first-order valence-corrected chi connectivity index (χ1v) is 12.9. The van der Waals surface area contributed by atoms with E-state index in [1.54, 1.807) is 56.9 Å². The smallest absolute Gasteiger partial charge is 0.328 e. The number of ether oxygens (including phenoxy) is 2. The molecule has 2 aromatic heterocycles. The summed E-state index contributed by atoms with van der Waals surface area (Å²) in [4.78, 5) is 16.7. The summed E-state index contributed by atoms with van der Waals surface area (Å²) in [5, 5.41) is -0.00502. The standard InChI is InChI=1S/C25H30N4O5S/c1-16(2)14-33-19-8-7-9-20(11-19)34-23-12-22-21(28(5)25(30)29(22)6)10-18(23)15-35(31,32)24-13-27(4)17(3)26-24/h7-13,16H,14-15H2,1-6H3. The molecule has 0 aliphatic carbocycles. The molecule has 0 aliphatic rings. The Balaban J connectivity index is 1.78. The molecular weight excluding hydrogens is 468 g/mol. The van der Waals surface area contributed by atoms with Gasteiger partial charge in [-0.25, -0.2) is 18.2 Å². The van der Waals surface area contributed by atoms with E-state index in [0.29, 0.717) is 52.2 Å². The number of hydrogen-bond donors (Lipinski definition) is 0. The van der Waals surface area contributed by atoms with Crippen molar-refractivity contribution in [3.63, 3.8) is 0 Å². The van der Waals surface area contributed by atoms with E-state index < -0.39 is 9.84 Å². The molecule has 0 saturated heterocycles. The molecule has 2 aromatic carbocycles. The number of rotatable bonds is 8.